The number of aliphatic hydroxyl groups is 1. The van der Waals surface area contributed by atoms with Crippen molar-refractivity contribution < 1.29 is 24.2 Å². The third-order valence-electron chi connectivity index (χ3n) is 8.61. The summed E-state index contributed by atoms with van der Waals surface area (Å²) in [6, 6.07) is 8.33. The highest BCUT2D eigenvalue weighted by molar-refractivity contribution is 9.09. The van der Waals surface area contributed by atoms with Crippen molar-refractivity contribution in [3.05, 3.63) is 35.9 Å². The number of hydrogen-bond acceptors (Lipinski definition) is 5. The predicted molar refractivity (Wildman–Crippen MR) is 137 cm³/mol. The molecule has 2 bridgehead atoms. The number of aliphatic hydroxyl groups excluding tert-OH is 1. The highest BCUT2D eigenvalue weighted by Crippen LogP contribution is 2.60. The van der Waals surface area contributed by atoms with Gasteiger partial charge in [0.05, 0.1) is 30.6 Å². The summed E-state index contributed by atoms with van der Waals surface area (Å²) in [5, 5.41) is 16.3. The van der Waals surface area contributed by atoms with Gasteiger partial charge in [-0.2, -0.15) is 0 Å². The molecule has 1 spiro atoms. The molecule has 3 saturated heterocycles. The Kier molecular flexibility index (Phi) is 7.43. The van der Waals surface area contributed by atoms with Crippen molar-refractivity contribution in [1.82, 2.24) is 15.5 Å². The van der Waals surface area contributed by atoms with Crippen LogP contribution >= 0.6 is 15.9 Å². The zero-order valence-corrected chi connectivity index (χ0v) is 22.3. The highest BCUT2D eigenvalue weighted by atomic mass is 79.9. The quantitative estimate of drug-likeness (QED) is 0.422. The molecule has 0 radical (unpaired) electrons. The van der Waals surface area contributed by atoms with Gasteiger partial charge in [-0.3, -0.25) is 14.4 Å². The Hall–Kier alpha value is -1.97. The molecular formula is C27H36BrN3O5. The van der Waals surface area contributed by atoms with Crippen molar-refractivity contribution in [1.29, 1.82) is 0 Å². The van der Waals surface area contributed by atoms with Crippen molar-refractivity contribution >= 4 is 33.7 Å². The number of fused-ring (bicyclic) bond motifs is 1. The first-order chi connectivity index (χ1) is 17.4. The first-order valence-corrected chi connectivity index (χ1v) is 14.2. The molecule has 3 unspecified atom stereocenters. The third kappa shape index (κ3) is 4.27. The summed E-state index contributed by atoms with van der Waals surface area (Å²) in [6.07, 6.45) is 5.66. The fraction of sp³-hybridized carbons (Fsp3) is 0.667. The minimum atomic E-state index is -1.09. The Morgan fingerprint density at radius 3 is 2.58 bits per heavy atom. The van der Waals surface area contributed by atoms with Crippen LogP contribution in [0.5, 0.6) is 0 Å². The predicted octanol–water partition coefficient (Wildman–Crippen LogP) is 2.27. The molecule has 7 atom stereocenters. The van der Waals surface area contributed by atoms with Crippen LogP contribution in [0.3, 0.4) is 0 Å². The second-order valence-corrected chi connectivity index (χ2v) is 11.9. The van der Waals surface area contributed by atoms with Crippen LogP contribution in [0.25, 0.3) is 0 Å². The van der Waals surface area contributed by atoms with Gasteiger partial charge in [-0.05, 0) is 31.2 Å². The monoisotopic (exact) mass is 561 g/mol. The molecule has 3 heterocycles. The number of amides is 3. The van der Waals surface area contributed by atoms with Crippen LogP contribution in [-0.2, 0) is 25.7 Å². The van der Waals surface area contributed by atoms with Crippen LogP contribution in [-0.4, -0.2) is 69.0 Å². The number of alkyl halides is 1. The number of likely N-dealkylation sites (tertiary alicyclic amines) is 1. The van der Waals surface area contributed by atoms with E-state index in [2.05, 4.69) is 26.6 Å². The maximum absolute atomic E-state index is 14.0. The molecule has 9 heteroatoms. The molecule has 1 aromatic carbocycles. The third-order valence-corrected chi connectivity index (χ3v) is 9.46. The van der Waals surface area contributed by atoms with E-state index in [9.17, 15) is 19.5 Å². The molecule has 3 aliphatic heterocycles. The Morgan fingerprint density at radius 1 is 1.19 bits per heavy atom. The Balaban J connectivity index is 1.44. The van der Waals surface area contributed by atoms with E-state index in [4.69, 9.17) is 4.74 Å². The van der Waals surface area contributed by atoms with Crippen molar-refractivity contribution in [3.8, 4) is 0 Å². The number of hydrogen-bond donors (Lipinski definition) is 3. The Morgan fingerprint density at radius 2 is 1.92 bits per heavy atom. The number of ether oxygens (including phenoxy) is 1. The molecule has 196 valence electrons. The first-order valence-electron chi connectivity index (χ1n) is 13.3. The summed E-state index contributed by atoms with van der Waals surface area (Å²) < 4.78 is 6.53. The molecule has 3 amide bonds. The minimum absolute atomic E-state index is 0.0798. The Bertz CT molecular complexity index is 983. The van der Waals surface area contributed by atoms with E-state index < -0.39 is 35.6 Å². The van der Waals surface area contributed by atoms with Crippen molar-refractivity contribution in [3.63, 3.8) is 0 Å². The summed E-state index contributed by atoms with van der Waals surface area (Å²) in [5.41, 5.74) is -0.123. The number of nitrogens with zero attached hydrogens (tertiary/aromatic N) is 1. The average molecular weight is 563 g/mol. The van der Waals surface area contributed by atoms with Gasteiger partial charge < -0.3 is 25.4 Å². The smallest absolute Gasteiger partial charge is 0.246 e. The summed E-state index contributed by atoms with van der Waals surface area (Å²) >= 11 is 3.70. The molecule has 1 saturated carbocycles. The van der Waals surface area contributed by atoms with Crippen molar-refractivity contribution in [2.24, 2.45) is 11.8 Å². The SMILES string of the molecule is CC[C@@H](CO)N1C(=O)[C@@H]2[C@H](C(=O)NCc3ccccc3)[C@H]3OC2(CC3Br)C1C(=O)NC1CCCCC1. The van der Waals surface area contributed by atoms with Gasteiger partial charge in [0.15, 0.2) is 0 Å². The van der Waals surface area contributed by atoms with Gasteiger partial charge in [0.1, 0.15) is 11.6 Å². The lowest BCUT2D eigenvalue weighted by Gasteiger charge is -2.37. The van der Waals surface area contributed by atoms with E-state index in [-0.39, 0.29) is 35.2 Å². The van der Waals surface area contributed by atoms with E-state index in [0.29, 0.717) is 19.4 Å². The second kappa shape index (κ2) is 10.4. The van der Waals surface area contributed by atoms with Crippen molar-refractivity contribution in [2.45, 2.75) is 93.1 Å². The van der Waals surface area contributed by atoms with E-state index in [0.717, 1.165) is 31.2 Å². The maximum atomic E-state index is 14.0. The van der Waals surface area contributed by atoms with Crippen LogP contribution in [0.4, 0.5) is 0 Å². The molecule has 0 aromatic heterocycles. The summed E-state index contributed by atoms with van der Waals surface area (Å²) in [5.74, 6) is -2.18. The zero-order chi connectivity index (χ0) is 25.4. The fourth-order valence-electron chi connectivity index (χ4n) is 6.90. The van der Waals surface area contributed by atoms with E-state index in [1.54, 1.807) is 4.90 Å². The van der Waals surface area contributed by atoms with Gasteiger partial charge in [-0.1, -0.05) is 72.4 Å². The summed E-state index contributed by atoms with van der Waals surface area (Å²) in [6.45, 7) is 2.00. The number of carbonyl (C=O) groups excluding carboxylic acids is 3. The topological polar surface area (TPSA) is 108 Å². The second-order valence-electron chi connectivity index (χ2n) is 10.7. The summed E-state index contributed by atoms with van der Waals surface area (Å²) in [4.78, 5) is 42.7. The number of carbonyl (C=O) groups is 3. The normalized spacial score (nSPS) is 34.5. The molecule has 1 aromatic rings. The number of benzene rings is 1. The van der Waals surface area contributed by atoms with Gasteiger partial charge in [0.25, 0.3) is 0 Å². The lowest BCUT2D eigenvalue weighted by atomic mass is 9.70. The molecule has 3 N–H and O–H groups in total. The Labute approximate surface area is 220 Å². The summed E-state index contributed by atoms with van der Waals surface area (Å²) in [7, 11) is 0. The minimum Gasteiger partial charge on any atom is -0.394 e. The lowest BCUT2D eigenvalue weighted by Crippen LogP contribution is -2.59. The first kappa shape index (κ1) is 25.7. The van der Waals surface area contributed by atoms with Gasteiger partial charge >= 0.3 is 0 Å². The molecule has 1 aliphatic carbocycles. The molecule has 4 fully saturated rings. The molecule has 8 nitrogen and oxygen atoms in total. The largest absolute Gasteiger partial charge is 0.394 e. The lowest BCUT2D eigenvalue weighted by molar-refractivity contribution is -0.146. The zero-order valence-electron chi connectivity index (χ0n) is 20.7. The molecular weight excluding hydrogens is 526 g/mol. The number of halogens is 1. The number of rotatable bonds is 8. The number of nitrogens with one attached hydrogen (secondary N) is 2. The van der Waals surface area contributed by atoms with Crippen LogP contribution in [0.1, 0.15) is 57.4 Å². The van der Waals surface area contributed by atoms with Gasteiger partial charge in [-0.25, -0.2) is 0 Å². The van der Waals surface area contributed by atoms with E-state index in [1.807, 2.05) is 37.3 Å². The van der Waals surface area contributed by atoms with Gasteiger partial charge in [-0.15, -0.1) is 0 Å². The fourth-order valence-corrected chi connectivity index (χ4v) is 7.85. The molecule has 5 rings (SSSR count). The molecule has 36 heavy (non-hydrogen) atoms. The molecule has 4 aliphatic rings. The highest BCUT2D eigenvalue weighted by Gasteiger charge is 2.77. The average Bonchev–Trinajstić information content (AvgIpc) is 3.48. The van der Waals surface area contributed by atoms with Gasteiger partial charge in [0, 0.05) is 17.4 Å². The van der Waals surface area contributed by atoms with E-state index >= 15 is 0 Å². The van der Waals surface area contributed by atoms with Crippen molar-refractivity contribution in [2.75, 3.05) is 6.61 Å². The van der Waals surface area contributed by atoms with Gasteiger partial charge in [0.2, 0.25) is 17.7 Å². The van der Waals surface area contributed by atoms with Crippen LogP contribution in [0.15, 0.2) is 30.3 Å². The van der Waals surface area contributed by atoms with Crippen LogP contribution in [0, 0.1) is 11.8 Å². The van der Waals surface area contributed by atoms with Crippen LogP contribution < -0.4 is 10.6 Å². The van der Waals surface area contributed by atoms with Crippen LogP contribution in [0.2, 0.25) is 0 Å². The maximum Gasteiger partial charge on any atom is 0.246 e. The van der Waals surface area contributed by atoms with E-state index in [1.165, 1.54) is 6.42 Å². The standard InChI is InChI=1S/C27H36BrN3O5/c1-2-18(15-32)31-23(25(34)30-17-11-7-4-8-12-17)27-13-19(28)22(36-27)20(21(27)26(31)35)24(33)29-14-16-9-5-3-6-10-16/h3,5-6,9-10,17-23,32H,2,4,7-8,11-15H2,1H3,(H,29,33)(H,30,34)/t18-,19?,20-,21-,22-,23?,27?/m0/s1.